The molecule has 0 bridgehead atoms. The second-order valence-corrected chi connectivity index (χ2v) is 9.81. The van der Waals surface area contributed by atoms with Gasteiger partial charge in [-0.15, -0.1) is 5.10 Å². The van der Waals surface area contributed by atoms with Crippen molar-refractivity contribution in [3.63, 3.8) is 0 Å². The van der Waals surface area contributed by atoms with Gasteiger partial charge in [0.2, 0.25) is 15.8 Å². The zero-order chi connectivity index (χ0) is 26.0. The Morgan fingerprint density at radius 2 is 1.54 bits per heavy atom. The highest BCUT2D eigenvalue weighted by Crippen LogP contribution is 2.26. The summed E-state index contributed by atoms with van der Waals surface area (Å²) in [4.78, 5) is 13.0. The molecule has 0 fully saturated rings. The summed E-state index contributed by atoms with van der Waals surface area (Å²) in [7, 11) is -3.81. The van der Waals surface area contributed by atoms with Crippen molar-refractivity contribution in [2.75, 3.05) is 0 Å². The number of carbonyl (C=O) groups excluding carboxylic acids is 1. The van der Waals surface area contributed by atoms with Crippen molar-refractivity contribution in [2.45, 2.75) is 11.8 Å². The van der Waals surface area contributed by atoms with Gasteiger partial charge in [-0.1, -0.05) is 53.7 Å². The fourth-order valence-corrected chi connectivity index (χ4v) is 4.39. The number of nitrogens with zero attached hydrogens (tertiary/aromatic N) is 5. The van der Waals surface area contributed by atoms with E-state index in [1.807, 2.05) is 66.9 Å². The fourth-order valence-electron chi connectivity index (χ4n) is 3.88. The fraction of sp³-hybridized carbons (Fsp3) is 0.0370. The number of rotatable bonds is 7. The van der Waals surface area contributed by atoms with Gasteiger partial charge in [0.1, 0.15) is 0 Å². The molecule has 0 aliphatic rings. The molecule has 5 rings (SSSR count). The first-order chi connectivity index (χ1) is 17.8. The normalized spacial score (nSPS) is 11.7. The van der Waals surface area contributed by atoms with E-state index in [2.05, 4.69) is 10.3 Å². The molecule has 10 heteroatoms. The Balaban J connectivity index is 1.45. The number of benzene rings is 3. The van der Waals surface area contributed by atoms with Crippen molar-refractivity contribution >= 4 is 21.9 Å². The number of sulfonamides is 1. The molecule has 0 aliphatic heterocycles. The molecule has 0 atom stereocenters. The minimum atomic E-state index is -3.81. The number of para-hydroxylation sites is 1. The van der Waals surface area contributed by atoms with Crippen LogP contribution in [-0.4, -0.2) is 39.0 Å². The molecule has 5 aromatic rings. The Bertz CT molecular complexity index is 1710. The number of allylic oxidation sites excluding steroid dienone is 1. The lowest BCUT2D eigenvalue weighted by molar-refractivity contribution is 0.104. The van der Waals surface area contributed by atoms with Gasteiger partial charge in [-0.2, -0.15) is 5.10 Å². The maximum atomic E-state index is 13.1. The predicted octanol–water partition coefficient (Wildman–Crippen LogP) is 3.97. The Hall–Kier alpha value is -4.67. The molecule has 2 heterocycles. The molecule has 3 aromatic carbocycles. The summed E-state index contributed by atoms with van der Waals surface area (Å²) in [6.07, 6.45) is 5.03. The Morgan fingerprint density at radius 1 is 0.892 bits per heavy atom. The number of hydrogen-bond donors (Lipinski definition) is 1. The average molecular weight is 511 g/mol. The highest BCUT2D eigenvalue weighted by Gasteiger charge is 2.17. The highest BCUT2D eigenvalue weighted by atomic mass is 32.2. The van der Waals surface area contributed by atoms with E-state index >= 15 is 0 Å². The van der Waals surface area contributed by atoms with Crippen LogP contribution in [0.2, 0.25) is 0 Å². The first-order valence-corrected chi connectivity index (χ1v) is 12.8. The first kappa shape index (κ1) is 24.0. The number of carbonyl (C=O) groups is 1. The number of primary sulfonamides is 1. The smallest absolute Gasteiger partial charge is 0.238 e. The van der Waals surface area contributed by atoms with Crippen LogP contribution in [0, 0.1) is 6.92 Å². The lowest BCUT2D eigenvalue weighted by atomic mass is 10.1. The predicted molar refractivity (Wildman–Crippen MR) is 140 cm³/mol. The van der Waals surface area contributed by atoms with Gasteiger partial charge in [0, 0.05) is 11.8 Å². The second-order valence-electron chi connectivity index (χ2n) is 8.25. The molecule has 0 unspecified atom stereocenters. The van der Waals surface area contributed by atoms with Gasteiger partial charge in [0.05, 0.1) is 27.7 Å². The summed E-state index contributed by atoms with van der Waals surface area (Å²) >= 11 is 0. The zero-order valence-electron chi connectivity index (χ0n) is 19.8. The minimum absolute atomic E-state index is 0.0163. The van der Waals surface area contributed by atoms with Gasteiger partial charge in [-0.3, -0.25) is 4.79 Å². The molecule has 0 saturated heterocycles. The number of aromatic nitrogens is 5. The van der Waals surface area contributed by atoms with Crippen LogP contribution in [0.25, 0.3) is 28.6 Å². The molecule has 184 valence electrons. The topological polar surface area (TPSA) is 126 Å². The molecular formula is C27H22N6O3S. The lowest BCUT2D eigenvalue weighted by Crippen LogP contribution is -2.12. The molecule has 9 nitrogen and oxygen atoms in total. The Labute approximate surface area is 213 Å². The quantitative estimate of drug-likeness (QED) is 0.261. The number of ketones is 1. The van der Waals surface area contributed by atoms with Crippen molar-refractivity contribution in [1.29, 1.82) is 0 Å². The van der Waals surface area contributed by atoms with Gasteiger partial charge < -0.3 is 0 Å². The molecule has 0 radical (unpaired) electrons. The van der Waals surface area contributed by atoms with Crippen LogP contribution in [0.1, 0.15) is 21.9 Å². The average Bonchev–Trinajstić information content (AvgIpc) is 3.52. The van der Waals surface area contributed by atoms with Gasteiger partial charge in [0.25, 0.3) is 0 Å². The first-order valence-electron chi connectivity index (χ1n) is 11.3. The summed E-state index contributed by atoms with van der Waals surface area (Å²) < 4.78 is 26.3. The van der Waals surface area contributed by atoms with Crippen LogP contribution in [0.4, 0.5) is 0 Å². The van der Waals surface area contributed by atoms with Crippen molar-refractivity contribution in [3.05, 3.63) is 114 Å². The summed E-state index contributed by atoms with van der Waals surface area (Å²) in [6, 6.07) is 25.4. The maximum Gasteiger partial charge on any atom is 0.238 e. The van der Waals surface area contributed by atoms with E-state index in [0.29, 0.717) is 17.1 Å². The standard InChI is InChI=1S/C27H22N6O3S/c1-19-27(29-31-33(19)22-12-14-23(15-13-22)37(28,35)36)26(34)17-16-25-24(20-8-4-2-5-9-20)18-32(30-25)21-10-6-3-7-11-21/h2-18H,1H3,(H2,28,35,36)/b17-16+. The molecular weight excluding hydrogens is 488 g/mol. The molecule has 2 aromatic heterocycles. The van der Waals surface area contributed by atoms with Gasteiger partial charge >= 0.3 is 0 Å². The van der Waals surface area contributed by atoms with E-state index in [1.54, 1.807) is 29.8 Å². The van der Waals surface area contributed by atoms with E-state index < -0.39 is 10.0 Å². The third-order valence-electron chi connectivity index (χ3n) is 5.78. The number of hydrogen-bond acceptors (Lipinski definition) is 6. The second kappa shape index (κ2) is 9.76. The van der Waals surface area contributed by atoms with E-state index in [0.717, 1.165) is 16.8 Å². The molecule has 37 heavy (non-hydrogen) atoms. The molecule has 0 amide bonds. The Morgan fingerprint density at radius 3 is 2.19 bits per heavy atom. The largest absolute Gasteiger partial charge is 0.287 e. The zero-order valence-corrected chi connectivity index (χ0v) is 20.6. The van der Waals surface area contributed by atoms with Crippen LogP contribution in [0.5, 0.6) is 0 Å². The SMILES string of the molecule is Cc1c(C(=O)/C=C/c2nn(-c3ccccc3)cc2-c2ccccc2)nnn1-c1ccc(S(N)(=O)=O)cc1. The van der Waals surface area contributed by atoms with Crippen LogP contribution in [0.15, 0.2) is 102 Å². The molecule has 2 N–H and O–H groups in total. The van der Waals surface area contributed by atoms with Crippen LogP contribution < -0.4 is 5.14 Å². The van der Waals surface area contributed by atoms with E-state index in [-0.39, 0.29) is 16.4 Å². The van der Waals surface area contributed by atoms with Gasteiger partial charge in [0.15, 0.2) is 5.69 Å². The van der Waals surface area contributed by atoms with Crippen molar-refractivity contribution in [1.82, 2.24) is 24.8 Å². The summed E-state index contributed by atoms with van der Waals surface area (Å²) in [5, 5.41) is 18.0. The maximum absolute atomic E-state index is 13.1. The molecule has 0 spiro atoms. The molecule has 0 aliphatic carbocycles. The highest BCUT2D eigenvalue weighted by molar-refractivity contribution is 7.89. The summed E-state index contributed by atoms with van der Waals surface area (Å²) in [6.45, 7) is 1.72. The van der Waals surface area contributed by atoms with Crippen LogP contribution >= 0.6 is 0 Å². The van der Waals surface area contributed by atoms with Gasteiger partial charge in [-0.25, -0.2) is 22.9 Å². The minimum Gasteiger partial charge on any atom is -0.287 e. The Kier molecular flexibility index (Phi) is 6.34. The lowest BCUT2D eigenvalue weighted by Gasteiger charge is -2.04. The van der Waals surface area contributed by atoms with Crippen molar-refractivity contribution in [2.24, 2.45) is 5.14 Å². The van der Waals surface area contributed by atoms with Gasteiger partial charge in [-0.05, 0) is 61.0 Å². The van der Waals surface area contributed by atoms with Crippen LogP contribution in [-0.2, 0) is 10.0 Å². The third-order valence-corrected chi connectivity index (χ3v) is 6.71. The number of nitrogens with two attached hydrogens (primary N) is 1. The monoisotopic (exact) mass is 510 g/mol. The van der Waals surface area contributed by atoms with Crippen molar-refractivity contribution < 1.29 is 13.2 Å². The van der Waals surface area contributed by atoms with Crippen molar-refractivity contribution in [3.8, 4) is 22.5 Å². The van der Waals surface area contributed by atoms with E-state index in [9.17, 15) is 13.2 Å². The van der Waals surface area contributed by atoms with Crippen LogP contribution in [0.3, 0.4) is 0 Å². The summed E-state index contributed by atoms with van der Waals surface area (Å²) in [5.41, 5.74) is 4.62. The van der Waals surface area contributed by atoms with E-state index in [1.165, 1.54) is 22.9 Å². The molecule has 0 saturated carbocycles. The summed E-state index contributed by atoms with van der Waals surface area (Å²) in [5.74, 6) is -0.335. The van der Waals surface area contributed by atoms with E-state index in [4.69, 9.17) is 10.2 Å². The third kappa shape index (κ3) is 5.01.